The number of hydrogen-bond donors (Lipinski definition) is 1. The second kappa shape index (κ2) is 10.8. The minimum atomic E-state index is -0.790. The van der Waals surface area contributed by atoms with E-state index in [1.54, 1.807) is 16.5 Å². The first-order valence-corrected chi connectivity index (χ1v) is 12.9. The van der Waals surface area contributed by atoms with E-state index >= 15 is 0 Å². The molecule has 1 saturated carbocycles. The highest BCUT2D eigenvalue weighted by Crippen LogP contribution is 2.30. The number of oxazole rings is 1. The van der Waals surface area contributed by atoms with Gasteiger partial charge in [0.2, 0.25) is 5.91 Å². The first kappa shape index (κ1) is 23.8. The number of hydrogen-bond acceptors (Lipinski definition) is 6. The second-order valence-corrected chi connectivity index (χ2v) is 9.76. The van der Waals surface area contributed by atoms with Crippen molar-refractivity contribution >= 4 is 28.8 Å². The number of benzene rings is 1. The summed E-state index contributed by atoms with van der Waals surface area (Å²) in [5.74, 6) is 2.27. The van der Waals surface area contributed by atoms with Crippen molar-refractivity contribution in [3.05, 3.63) is 77.2 Å². The number of thiazole rings is 1. The van der Waals surface area contributed by atoms with E-state index in [1.807, 2.05) is 48.6 Å². The van der Waals surface area contributed by atoms with E-state index in [4.69, 9.17) is 10.8 Å². The van der Waals surface area contributed by atoms with Crippen LogP contribution in [0, 0.1) is 18.3 Å². The summed E-state index contributed by atoms with van der Waals surface area (Å²) in [6, 6.07) is 6.64. The van der Waals surface area contributed by atoms with Crippen LogP contribution in [-0.4, -0.2) is 33.9 Å². The maximum absolute atomic E-state index is 13.9. The van der Waals surface area contributed by atoms with Gasteiger partial charge >= 0.3 is 0 Å². The highest BCUT2D eigenvalue weighted by atomic mass is 32.1. The molecule has 1 atom stereocenters. The molecule has 2 heterocycles. The van der Waals surface area contributed by atoms with Crippen LogP contribution in [0.25, 0.3) is 11.3 Å². The van der Waals surface area contributed by atoms with Crippen LogP contribution in [0.2, 0.25) is 0 Å². The fourth-order valence-electron chi connectivity index (χ4n) is 4.77. The number of nitrogens with one attached hydrogen (secondary N) is 1. The van der Waals surface area contributed by atoms with Crippen LogP contribution in [0.3, 0.4) is 0 Å². The molecule has 5 rings (SSSR count). The predicted molar refractivity (Wildman–Crippen MR) is 139 cm³/mol. The van der Waals surface area contributed by atoms with Crippen LogP contribution in [0.4, 0.5) is 5.69 Å². The van der Waals surface area contributed by atoms with Gasteiger partial charge < -0.3 is 9.73 Å². The van der Waals surface area contributed by atoms with Crippen molar-refractivity contribution in [2.45, 2.75) is 44.2 Å². The van der Waals surface area contributed by atoms with Crippen molar-refractivity contribution in [1.29, 1.82) is 0 Å². The Kier molecular flexibility index (Phi) is 7.10. The minimum absolute atomic E-state index is 0.112. The SMILES string of the molecule is C#Cc1nc(C(=O)N(c2ccc(-c3cnco3)cc2)C(C(=O)NC2CCCCC2)C2C=CC=C2)cs1. The Labute approximate surface area is 213 Å². The van der Waals surface area contributed by atoms with Gasteiger partial charge in [0.05, 0.1) is 6.20 Å². The van der Waals surface area contributed by atoms with Crippen molar-refractivity contribution in [2.75, 3.05) is 4.90 Å². The fourth-order valence-corrected chi connectivity index (χ4v) is 5.36. The van der Waals surface area contributed by atoms with Gasteiger partial charge in [0.15, 0.2) is 17.2 Å². The molecular weight excluding hydrogens is 472 g/mol. The second-order valence-electron chi connectivity index (χ2n) is 8.91. The van der Waals surface area contributed by atoms with Gasteiger partial charge in [-0.3, -0.25) is 14.5 Å². The molecule has 2 aliphatic rings. The van der Waals surface area contributed by atoms with Crippen molar-refractivity contribution in [2.24, 2.45) is 5.92 Å². The van der Waals surface area contributed by atoms with E-state index in [0.29, 0.717) is 16.5 Å². The molecule has 8 heteroatoms. The predicted octanol–water partition coefficient (Wildman–Crippen LogP) is 4.99. The molecule has 0 saturated heterocycles. The van der Waals surface area contributed by atoms with E-state index in [-0.39, 0.29) is 29.5 Å². The molecule has 1 N–H and O–H groups in total. The smallest absolute Gasteiger partial charge is 0.278 e. The summed E-state index contributed by atoms with van der Waals surface area (Å²) in [7, 11) is 0. The highest BCUT2D eigenvalue weighted by Gasteiger charge is 2.38. The summed E-state index contributed by atoms with van der Waals surface area (Å²) >= 11 is 1.23. The Morgan fingerprint density at radius 1 is 1.14 bits per heavy atom. The van der Waals surface area contributed by atoms with E-state index in [1.165, 1.54) is 24.2 Å². The van der Waals surface area contributed by atoms with Crippen LogP contribution >= 0.6 is 11.3 Å². The number of aromatic nitrogens is 2. The average molecular weight is 499 g/mol. The quantitative estimate of drug-likeness (QED) is 0.464. The summed E-state index contributed by atoms with van der Waals surface area (Å²) in [6.07, 6.45) is 21.5. The van der Waals surface area contributed by atoms with E-state index in [2.05, 4.69) is 21.2 Å². The standard InChI is InChI=1S/C28H26N4O3S/c1-2-25-31-23(17-36-25)28(34)32(22-14-12-19(13-15-22)24-16-29-18-35-24)26(20-8-6-7-9-20)27(33)30-21-10-4-3-5-11-21/h1,6-9,12-18,20-21,26H,3-5,10-11H2,(H,30,33). The van der Waals surface area contributed by atoms with Crippen molar-refractivity contribution in [3.8, 4) is 23.7 Å². The molecule has 2 amide bonds. The third kappa shape index (κ3) is 5.02. The molecular formula is C28H26N4O3S. The Hall–Kier alpha value is -3.96. The van der Waals surface area contributed by atoms with Gasteiger partial charge in [-0.05, 0) is 43.0 Å². The van der Waals surface area contributed by atoms with E-state index < -0.39 is 6.04 Å². The zero-order valence-corrected chi connectivity index (χ0v) is 20.5. The van der Waals surface area contributed by atoms with Gasteiger partial charge in [0, 0.05) is 28.6 Å². The van der Waals surface area contributed by atoms with Crippen molar-refractivity contribution in [1.82, 2.24) is 15.3 Å². The fraction of sp³-hybridized carbons (Fsp3) is 0.286. The third-order valence-corrected chi connectivity index (χ3v) is 7.34. The topological polar surface area (TPSA) is 88.3 Å². The Balaban J connectivity index is 1.54. The summed E-state index contributed by atoms with van der Waals surface area (Å²) in [5.41, 5.74) is 1.61. The molecule has 7 nitrogen and oxygen atoms in total. The largest absolute Gasteiger partial charge is 0.444 e. The van der Waals surface area contributed by atoms with E-state index in [9.17, 15) is 9.59 Å². The summed E-state index contributed by atoms with van der Waals surface area (Å²) in [4.78, 5) is 37.6. The maximum Gasteiger partial charge on any atom is 0.278 e. The van der Waals surface area contributed by atoms with Crippen molar-refractivity contribution < 1.29 is 14.0 Å². The van der Waals surface area contributed by atoms with Crippen molar-refractivity contribution in [3.63, 3.8) is 0 Å². The van der Waals surface area contributed by atoms with Gasteiger partial charge in [-0.2, -0.15) is 0 Å². The number of terminal acetylenes is 1. The molecule has 1 aromatic carbocycles. The van der Waals surface area contributed by atoms with Gasteiger partial charge in [-0.25, -0.2) is 9.97 Å². The van der Waals surface area contributed by atoms with Crippen LogP contribution < -0.4 is 10.2 Å². The highest BCUT2D eigenvalue weighted by molar-refractivity contribution is 7.10. The molecule has 36 heavy (non-hydrogen) atoms. The third-order valence-electron chi connectivity index (χ3n) is 6.57. The van der Waals surface area contributed by atoms with Gasteiger partial charge in [0.25, 0.3) is 5.91 Å². The monoisotopic (exact) mass is 498 g/mol. The minimum Gasteiger partial charge on any atom is -0.444 e. The Bertz CT molecular complexity index is 1300. The molecule has 0 spiro atoms. The summed E-state index contributed by atoms with van der Waals surface area (Å²) in [5, 5.41) is 5.29. The number of anilines is 1. The first-order chi connectivity index (χ1) is 17.6. The first-order valence-electron chi connectivity index (χ1n) is 12.0. The Morgan fingerprint density at radius 2 is 1.89 bits per heavy atom. The number of nitrogens with zero attached hydrogens (tertiary/aromatic N) is 3. The molecule has 1 unspecified atom stereocenters. The average Bonchev–Trinajstić information content (AvgIpc) is 3.70. The number of allylic oxidation sites excluding steroid dienone is 2. The van der Waals surface area contributed by atoms with Crippen LogP contribution in [0.5, 0.6) is 0 Å². The van der Waals surface area contributed by atoms with Crippen LogP contribution in [0.15, 0.2) is 71.0 Å². The van der Waals surface area contributed by atoms with E-state index in [0.717, 1.165) is 31.2 Å². The van der Waals surface area contributed by atoms with Gasteiger partial charge in [-0.1, -0.05) is 43.6 Å². The van der Waals surface area contributed by atoms with Crippen LogP contribution in [-0.2, 0) is 4.79 Å². The zero-order valence-electron chi connectivity index (χ0n) is 19.7. The number of amides is 2. The lowest BCUT2D eigenvalue weighted by Gasteiger charge is -2.35. The lowest BCUT2D eigenvalue weighted by Crippen LogP contribution is -2.55. The molecule has 2 aliphatic carbocycles. The summed E-state index contributed by atoms with van der Waals surface area (Å²) < 4.78 is 5.40. The molecule has 3 aromatic rings. The zero-order chi connectivity index (χ0) is 24.9. The normalized spacial score (nSPS) is 16.5. The van der Waals surface area contributed by atoms with Gasteiger partial charge in [0.1, 0.15) is 11.7 Å². The Morgan fingerprint density at radius 3 is 2.53 bits per heavy atom. The molecule has 182 valence electrons. The number of carbonyl (C=O) groups excluding carboxylic acids is 2. The molecule has 0 bridgehead atoms. The van der Waals surface area contributed by atoms with Gasteiger partial charge in [-0.15, -0.1) is 17.8 Å². The lowest BCUT2D eigenvalue weighted by molar-refractivity contribution is -0.123. The maximum atomic E-state index is 13.9. The molecule has 2 aromatic heterocycles. The lowest BCUT2D eigenvalue weighted by atomic mass is 9.93. The molecule has 1 fully saturated rings. The number of carbonyl (C=O) groups is 2. The van der Waals surface area contributed by atoms with Crippen LogP contribution in [0.1, 0.15) is 47.6 Å². The summed E-state index contributed by atoms with van der Waals surface area (Å²) in [6.45, 7) is 0. The molecule has 0 radical (unpaired) electrons. The molecule has 0 aliphatic heterocycles. The number of rotatable bonds is 7.